The first-order chi connectivity index (χ1) is 4.22. The highest BCUT2D eigenvalue weighted by molar-refractivity contribution is 5.86. The highest BCUT2D eigenvalue weighted by Gasteiger charge is 2.02. The first-order valence-electron chi connectivity index (χ1n) is 2.34. The lowest BCUT2D eigenvalue weighted by atomic mass is 10.3. The van der Waals surface area contributed by atoms with E-state index in [-0.39, 0.29) is 0 Å². The standard InChI is InChI=1S/C6H8O3/c1-4-5(2)6(7)9-8-3/h1H2,2-3H3. The lowest BCUT2D eigenvalue weighted by Gasteiger charge is -1.94. The van der Waals surface area contributed by atoms with Crippen LogP contribution in [0.25, 0.3) is 0 Å². The van der Waals surface area contributed by atoms with Gasteiger partial charge in [0, 0.05) is 0 Å². The summed E-state index contributed by atoms with van der Waals surface area (Å²) in [6.07, 6.45) is 0. The second-order valence-corrected chi connectivity index (χ2v) is 1.34. The van der Waals surface area contributed by atoms with Crippen molar-refractivity contribution in [1.82, 2.24) is 0 Å². The molecule has 0 atom stereocenters. The summed E-state index contributed by atoms with van der Waals surface area (Å²) in [5, 5.41) is 0. The Hall–Kier alpha value is -1.05. The molecule has 0 saturated heterocycles. The van der Waals surface area contributed by atoms with Gasteiger partial charge < -0.3 is 0 Å². The van der Waals surface area contributed by atoms with Crippen LogP contribution in [-0.2, 0) is 14.6 Å². The Morgan fingerprint density at radius 2 is 2.22 bits per heavy atom. The summed E-state index contributed by atoms with van der Waals surface area (Å²) in [4.78, 5) is 18.7. The van der Waals surface area contributed by atoms with E-state index >= 15 is 0 Å². The zero-order valence-electron chi connectivity index (χ0n) is 5.43. The van der Waals surface area contributed by atoms with E-state index in [1.54, 1.807) is 0 Å². The number of rotatable bonds is 2. The van der Waals surface area contributed by atoms with Gasteiger partial charge in [0.1, 0.15) is 0 Å². The number of carbonyl (C=O) groups is 1. The second kappa shape index (κ2) is 3.89. The molecule has 0 aromatic carbocycles. The molecule has 0 aliphatic rings. The first kappa shape index (κ1) is 7.95. The Labute approximate surface area is 53.5 Å². The minimum atomic E-state index is -0.563. The van der Waals surface area contributed by atoms with E-state index in [0.717, 1.165) is 0 Å². The summed E-state index contributed by atoms with van der Waals surface area (Å²) in [6.45, 7) is 4.78. The fourth-order valence-electron chi connectivity index (χ4n) is 0.210. The highest BCUT2D eigenvalue weighted by Crippen LogP contribution is 1.91. The SMILES string of the molecule is C=C=C(C)C(=O)OOC. The molecule has 0 rings (SSSR count). The fourth-order valence-corrected chi connectivity index (χ4v) is 0.210. The molecule has 0 bridgehead atoms. The molecular weight excluding hydrogens is 120 g/mol. The van der Waals surface area contributed by atoms with Crippen LogP contribution in [0.2, 0.25) is 0 Å². The van der Waals surface area contributed by atoms with E-state index in [4.69, 9.17) is 0 Å². The summed E-state index contributed by atoms with van der Waals surface area (Å²) < 4.78 is 0. The van der Waals surface area contributed by atoms with Gasteiger partial charge in [-0.05, 0) is 6.92 Å². The summed E-state index contributed by atoms with van der Waals surface area (Å²) in [7, 11) is 1.26. The third-order valence-corrected chi connectivity index (χ3v) is 0.730. The lowest BCUT2D eigenvalue weighted by Crippen LogP contribution is -2.03. The molecule has 0 amide bonds. The maximum atomic E-state index is 10.5. The van der Waals surface area contributed by atoms with Crippen molar-refractivity contribution in [3.05, 3.63) is 17.9 Å². The van der Waals surface area contributed by atoms with Crippen molar-refractivity contribution in [2.24, 2.45) is 0 Å². The van der Waals surface area contributed by atoms with Gasteiger partial charge in [-0.15, -0.1) is 5.73 Å². The Morgan fingerprint density at radius 1 is 1.67 bits per heavy atom. The quantitative estimate of drug-likeness (QED) is 0.239. The predicted octanol–water partition coefficient (Wildman–Crippen LogP) is 0.822. The zero-order valence-corrected chi connectivity index (χ0v) is 5.43. The summed E-state index contributed by atoms with van der Waals surface area (Å²) in [5.41, 5.74) is 2.66. The predicted molar refractivity (Wildman–Crippen MR) is 31.4 cm³/mol. The van der Waals surface area contributed by atoms with E-state index in [1.807, 2.05) is 0 Å². The van der Waals surface area contributed by atoms with E-state index in [1.165, 1.54) is 14.0 Å². The van der Waals surface area contributed by atoms with Gasteiger partial charge in [0.15, 0.2) is 0 Å². The molecule has 3 nitrogen and oxygen atoms in total. The molecule has 0 N–H and O–H groups in total. The number of carbonyl (C=O) groups excluding carboxylic acids is 1. The smallest absolute Gasteiger partial charge is 0.293 e. The summed E-state index contributed by atoms with van der Waals surface area (Å²) >= 11 is 0. The minimum absolute atomic E-state index is 0.303. The van der Waals surface area contributed by atoms with Crippen molar-refractivity contribution >= 4 is 5.97 Å². The average Bonchev–Trinajstić information content (AvgIpc) is 1.87. The topological polar surface area (TPSA) is 35.5 Å². The summed E-state index contributed by atoms with van der Waals surface area (Å²) in [5.74, 6) is -0.563. The van der Waals surface area contributed by atoms with Gasteiger partial charge >= 0.3 is 5.97 Å². The van der Waals surface area contributed by atoms with Gasteiger partial charge in [0.2, 0.25) is 0 Å². The highest BCUT2D eigenvalue weighted by atomic mass is 17.2. The Kier molecular flexibility index (Phi) is 3.44. The van der Waals surface area contributed by atoms with Crippen molar-refractivity contribution in [2.75, 3.05) is 7.11 Å². The summed E-state index contributed by atoms with van der Waals surface area (Å²) in [6, 6.07) is 0. The van der Waals surface area contributed by atoms with E-state index in [0.29, 0.717) is 5.57 Å². The Morgan fingerprint density at radius 3 is 2.56 bits per heavy atom. The van der Waals surface area contributed by atoms with Crippen LogP contribution in [0.5, 0.6) is 0 Å². The van der Waals surface area contributed by atoms with E-state index in [2.05, 4.69) is 22.1 Å². The van der Waals surface area contributed by atoms with Gasteiger partial charge in [-0.25, -0.2) is 4.79 Å². The first-order valence-corrected chi connectivity index (χ1v) is 2.34. The monoisotopic (exact) mass is 128 g/mol. The zero-order chi connectivity index (χ0) is 7.28. The normalized spacial score (nSPS) is 7.78. The third-order valence-electron chi connectivity index (χ3n) is 0.730. The number of hydrogen-bond acceptors (Lipinski definition) is 3. The molecule has 0 saturated carbocycles. The minimum Gasteiger partial charge on any atom is -0.293 e. The molecule has 0 aliphatic carbocycles. The molecule has 0 aliphatic heterocycles. The van der Waals surface area contributed by atoms with Crippen molar-refractivity contribution in [3.8, 4) is 0 Å². The van der Waals surface area contributed by atoms with Crippen molar-refractivity contribution in [2.45, 2.75) is 6.92 Å². The van der Waals surface area contributed by atoms with Crippen molar-refractivity contribution in [3.63, 3.8) is 0 Å². The molecule has 0 spiro atoms. The molecular formula is C6H8O3. The maximum absolute atomic E-state index is 10.5. The van der Waals surface area contributed by atoms with Crippen LogP contribution in [0.15, 0.2) is 17.9 Å². The van der Waals surface area contributed by atoms with Crippen LogP contribution in [0.1, 0.15) is 6.92 Å². The second-order valence-electron chi connectivity index (χ2n) is 1.34. The van der Waals surface area contributed by atoms with E-state index in [9.17, 15) is 4.79 Å². The molecule has 3 heteroatoms. The number of hydrogen-bond donors (Lipinski definition) is 0. The van der Waals surface area contributed by atoms with Gasteiger partial charge in [-0.3, -0.25) is 4.89 Å². The Balaban J connectivity index is 3.89. The third kappa shape index (κ3) is 2.69. The molecule has 50 valence electrons. The molecule has 0 unspecified atom stereocenters. The largest absolute Gasteiger partial charge is 0.376 e. The van der Waals surface area contributed by atoms with Gasteiger partial charge in [0.25, 0.3) is 0 Å². The van der Waals surface area contributed by atoms with Crippen molar-refractivity contribution in [1.29, 1.82) is 0 Å². The maximum Gasteiger partial charge on any atom is 0.376 e. The fraction of sp³-hybridized carbons (Fsp3) is 0.333. The van der Waals surface area contributed by atoms with Crippen LogP contribution in [0.3, 0.4) is 0 Å². The van der Waals surface area contributed by atoms with Crippen LogP contribution in [0, 0.1) is 0 Å². The van der Waals surface area contributed by atoms with Gasteiger partial charge in [-0.2, -0.15) is 4.89 Å². The van der Waals surface area contributed by atoms with Gasteiger partial charge in [0.05, 0.1) is 12.7 Å². The molecule has 0 heterocycles. The van der Waals surface area contributed by atoms with Crippen molar-refractivity contribution < 1.29 is 14.6 Å². The van der Waals surface area contributed by atoms with Gasteiger partial charge in [-0.1, -0.05) is 6.58 Å². The molecule has 9 heavy (non-hydrogen) atoms. The van der Waals surface area contributed by atoms with Crippen LogP contribution in [-0.4, -0.2) is 13.1 Å². The molecule has 0 radical (unpaired) electrons. The molecule has 0 aromatic rings. The van der Waals surface area contributed by atoms with Crippen LogP contribution < -0.4 is 0 Å². The van der Waals surface area contributed by atoms with Crippen LogP contribution >= 0.6 is 0 Å². The molecule has 0 aromatic heterocycles. The molecule has 0 fully saturated rings. The average molecular weight is 128 g/mol. The lowest BCUT2D eigenvalue weighted by molar-refractivity contribution is -0.250. The van der Waals surface area contributed by atoms with E-state index < -0.39 is 5.97 Å². The van der Waals surface area contributed by atoms with Crippen LogP contribution in [0.4, 0.5) is 0 Å². The Bertz CT molecular complexity index is 154.